The van der Waals surface area contributed by atoms with Crippen LogP contribution in [0.4, 0.5) is 0 Å². The second kappa shape index (κ2) is 3.77. The van der Waals surface area contributed by atoms with Gasteiger partial charge in [-0.1, -0.05) is 0 Å². The molecule has 5 nitrogen and oxygen atoms in total. The van der Waals surface area contributed by atoms with Crippen LogP contribution in [0.15, 0.2) is 0 Å². The van der Waals surface area contributed by atoms with Crippen LogP contribution in [0, 0.1) is 0 Å². The molecule has 1 fully saturated rings. The highest BCUT2D eigenvalue weighted by molar-refractivity contribution is 7.82. The van der Waals surface area contributed by atoms with Crippen LogP contribution in [0.5, 0.6) is 0 Å². The second-order valence-electron chi connectivity index (χ2n) is 2.52. The molecule has 1 rings (SSSR count). The molecule has 0 aliphatic carbocycles. The summed E-state index contributed by atoms with van der Waals surface area (Å²) < 4.78 is 10.5. The number of amides is 2. The van der Waals surface area contributed by atoms with E-state index in [2.05, 4.69) is 0 Å². The Morgan fingerprint density at radius 3 is 2.25 bits per heavy atom. The van der Waals surface area contributed by atoms with Gasteiger partial charge in [-0.15, -0.1) is 0 Å². The van der Waals surface area contributed by atoms with Crippen molar-refractivity contribution in [2.45, 2.75) is 12.8 Å². The van der Waals surface area contributed by atoms with E-state index in [0.717, 1.165) is 4.90 Å². The first-order chi connectivity index (χ1) is 5.61. The third-order valence-electron chi connectivity index (χ3n) is 1.67. The topological polar surface area (TPSA) is 80.5 Å². The Hall–Kier alpha value is -0.750. The molecule has 0 aromatic carbocycles. The first-order valence-corrected chi connectivity index (χ1v) is 4.95. The van der Waals surface area contributed by atoms with E-state index in [-0.39, 0.29) is 37.0 Å². The third kappa shape index (κ3) is 2.12. The molecular formula is C6H10N2O3S. The minimum absolute atomic E-state index is 0.164. The van der Waals surface area contributed by atoms with Gasteiger partial charge in [0.05, 0.1) is 16.7 Å². The second-order valence-corrected chi connectivity index (χ2v) is 3.69. The summed E-state index contributed by atoms with van der Waals surface area (Å²) in [5, 5.41) is 4.98. The van der Waals surface area contributed by atoms with Gasteiger partial charge in [0, 0.05) is 19.4 Å². The first-order valence-electron chi connectivity index (χ1n) is 3.57. The molecule has 0 spiro atoms. The van der Waals surface area contributed by atoms with Crippen molar-refractivity contribution in [3.8, 4) is 0 Å². The van der Waals surface area contributed by atoms with Gasteiger partial charge in [0.15, 0.2) is 0 Å². The van der Waals surface area contributed by atoms with E-state index in [1.807, 2.05) is 0 Å². The Morgan fingerprint density at radius 1 is 1.33 bits per heavy atom. The molecule has 1 heterocycles. The van der Waals surface area contributed by atoms with Crippen LogP contribution in [-0.2, 0) is 20.6 Å². The predicted octanol–water partition coefficient (Wildman–Crippen LogP) is -1.24. The summed E-state index contributed by atoms with van der Waals surface area (Å²) >= 11 is 0. The van der Waals surface area contributed by atoms with Crippen molar-refractivity contribution in [1.82, 2.24) is 4.90 Å². The minimum Gasteiger partial charge on any atom is -0.282 e. The maximum absolute atomic E-state index is 11.0. The summed E-state index contributed by atoms with van der Waals surface area (Å²) in [6, 6.07) is 0. The van der Waals surface area contributed by atoms with Crippen molar-refractivity contribution < 1.29 is 13.8 Å². The maximum atomic E-state index is 11.0. The van der Waals surface area contributed by atoms with Crippen molar-refractivity contribution in [2.75, 3.05) is 12.3 Å². The molecule has 1 aliphatic rings. The van der Waals surface area contributed by atoms with Crippen LogP contribution < -0.4 is 5.14 Å². The van der Waals surface area contributed by atoms with E-state index in [1.54, 1.807) is 0 Å². The van der Waals surface area contributed by atoms with Gasteiger partial charge in [-0.2, -0.15) is 0 Å². The van der Waals surface area contributed by atoms with Crippen LogP contribution in [0.2, 0.25) is 0 Å². The van der Waals surface area contributed by atoms with Crippen LogP contribution in [-0.4, -0.2) is 33.2 Å². The predicted molar refractivity (Wildman–Crippen MR) is 43.2 cm³/mol. The van der Waals surface area contributed by atoms with Crippen molar-refractivity contribution in [3.05, 3.63) is 0 Å². The molecular weight excluding hydrogens is 180 g/mol. The molecule has 1 aliphatic heterocycles. The number of rotatable bonds is 3. The number of hydrogen-bond acceptors (Lipinski definition) is 3. The van der Waals surface area contributed by atoms with Gasteiger partial charge in [-0.25, -0.2) is 4.21 Å². The molecule has 12 heavy (non-hydrogen) atoms. The number of nitrogens with zero attached hydrogens (tertiary/aromatic N) is 1. The Bertz CT molecular complexity index is 225. The fourth-order valence-electron chi connectivity index (χ4n) is 1.05. The lowest BCUT2D eigenvalue weighted by atomic mass is 10.4. The Balaban J connectivity index is 2.45. The Kier molecular flexibility index (Phi) is 2.93. The fourth-order valence-corrected chi connectivity index (χ4v) is 1.42. The standard InChI is InChI=1S/C6H10N2O3S/c7-12(11)4-3-8-5(9)1-2-6(8)10/h1-4,7H2. The molecule has 0 saturated carbocycles. The molecule has 1 saturated heterocycles. The minimum atomic E-state index is -1.44. The molecule has 2 N–H and O–H groups in total. The van der Waals surface area contributed by atoms with E-state index in [4.69, 9.17) is 5.14 Å². The van der Waals surface area contributed by atoms with Gasteiger partial charge in [-0.05, 0) is 0 Å². The summed E-state index contributed by atoms with van der Waals surface area (Å²) in [5.74, 6) is -0.215. The molecule has 6 heteroatoms. The highest BCUT2D eigenvalue weighted by Crippen LogP contribution is 2.10. The van der Waals surface area contributed by atoms with Gasteiger partial charge in [0.25, 0.3) is 0 Å². The molecule has 0 bridgehead atoms. The van der Waals surface area contributed by atoms with E-state index < -0.39 is 11.0 Å². The number of carbonyl (C=O) groups excluding carboxylic acids is 2. The van der Waals surface area contributed by atoms with Crippen molar-refractivity contribution >= 4 is 22.8 Å². The summed E-state index contributed by atoms with van der Waals surface area (Å²) in [6.45, 7) is 0.181. The highest BCUT2D eigenvalue weighted by Gasteiger charge is 2.28. The van der Waals surface area contributed by atoms with Crippen LogP contribution in [0.3, 0.4) is 0 Å². The van der Waals surface area contributed by atoms with Gasteiger partial charge in [-0.3, -0.25) is 19.6 Å². The van der Waals surface area contributed by atoms with E-state index >= 15 is 0 Å². The fraction of sp³-hybridized carbons (Fsp3) is 0.667. The van der Waals surface area contributed by atoms with Gasteiger partial charge < -0.3 is 0 Å². The normalized spacial score (nSPS) is 20.2. The van der Waals surface area contributed by atoms with Gasteiger partial charge in [0.2, 0.25) is 11.8 Å². The summed E-state index contributed by atoms with van der Waals surface area (Å²) in [7, 11) is -1.44. The number of carbonyl (C=O) groups is 2. The molecule has 0 aromatic rings. The summed E-state index contributed by atoms with van der Waals surface area (Å²) in [4.78, 5) is 23.0. The zero-order valence-electron chi connectivity index (χ0n) is 6.49. The molecule has 68 valence electrons. The first kappa shape index (κ1) is 9.34. The average molecular weight is 190 g/mol. The Labute approximate surface area is 72.5 Å². The summed E-state index contributed by atoms with van der Waals surface area (Å²) in [5.41, 5.74) is 0. The van der Waals surface area contributed by atoms with Gasteiger partial charge >= 0.3 is 0 Å². The lowest BCUT2D eigenvalue weighted by Gasteiger charge is -2.11. The molecule has 1 atom stereocenters. The van der Waals surface area contributed by atoms with Crippen LogP contribution in [0.1, 0.15) is 12.8 Å². The summed E-state index contributed by atoms with van der Waals surface area (Å²) in [6.07, 6.45) is 0.548. The highest BCUT2D eigenvalue weighted by atomic mass is 32.2. The number of imide groups is 1. The van der Waals surface area contributed by atoms with Crippen molar-refractivity contribution in [3.63, 3.8) is 0 Å². The van der Waals surface area contributed by atoms with Crippen LogP contribution in [0.25, 0.3) is 0 Å². The van der Waals surface area contributed by atoms with E-state index in [9.17, 15) is 13.8 Å². The van der Waals surface area contributed by atoms with Gasteiger partial charge in [0.1, 0.15) is 0 Å². The van der Waals surface area contributed by atoms with E-state index in [0.29, 0.717) is 0 Å². The largest absolute Gasteiger partial charge is 0.282 e. The quantitative estimate of drug-likeness (QED) is 0.565. The molecule has 0 aromatic heterocycles. The third-order valence-corrected chi connectivity index (χ3v) is 2.26. The van der Waals surface area contributed by atoms with Crippen molar-refractivity contribution in [2.24, 2.45) is 5.14 Å². The zero-order valence-corrected chi connectivity index (χ0v) is 7.30. The molecule has 2 amide bonds. The smallest absolute Gasteiger partial charge is 0.229 e. The zero-order chi connectivity index (χ0) is 9.14. The lowest BCUT2D eigenvalue weighted by Crippen LogP contribution is -2.33. The number of hydrogen-bond donors (Lipinski definition) is 1. The Morgan fingerprint density at radius 2 is 1.83 bits per heavy atom. The monoisotopic (exact) mass is 190 g/mol. The lowest BCUT2D eigenvalue weighted by molar-refractivity contribution is -0.137. The molecule has 1 unspecified atom stereocenters. The number of nitrogens with two attached hydrogens (primary N) is 1. The SMILES string of the molecule is NS(=O)CCN1C(=O)CCC1=O. The van der Waals surface area contributed by atoms with Crippen LogP contribution >= 0.6 is 0 Å². The maximum Gasteiger partial charge on any atom is 0.229 e. The van der Waals surface area contributed by atoms with E-state index in [1.165, 1.54) is 0 Å². The average Bonchev–Trinajstić information content (AvgIpc) is 2.28. The number of likely N-dealkylation sites (tertiary alicyclic amines) is 1. The van der Waals surface area contributed by atoms with Crippen molar-refractivity contribution in [1.29, 1.82) is 0 Å². The molecule has 0 radical (unpaired) electrons.